The van der Waals surface area contributed by atoms with Gasteiger partial charge in [-0.15, -0.1) is 0 Å². The zero-order valence-corrected chi connectivity index (χ0v) is 18.5. The maximum atomic E-state index is 14.0. The van der Waals surface area contributed by atoms with Crippen molar-refractivity contribution >= 4 is 11.0 Å². The van der Waals surface area contributed by atoms with Crippen molar-refractivity contribution in [3.05, 3.63) is 65.2 Å². The fraction of sp³-hybridized carbons (Fsp3) is 0.500. The Morgan fingerprint density at radius 2 is 2.10 bits per heavy atom. The lowest BCUT2D eigenvalue weighted by molar-refractivity contribution is -0.0301. The number of benzene rings is 2. The van der Waals surface area contributed by atoms with Crippen LogP contribution in [0.2, 0.25) is 0 Å². The number of aromatic amines is 1. The third-order valence-electron chi connectivity index (χ3n) is 6.21. The van der Waals surface area contributed by atoms with Crippen molar-refractivity contribution in [2.75, 3.05) is 20.1 Å². The number of hydrogen-bond acceptors (Lipinski definition) is 3. The van der Waals surface area contributed by atoms with E-state index in [4.69, 9.17) is 5.48 Å². The monoisotopic (exact) mass is 427 g/mol. The van der Waals surface area contributed by atoms with E-state index in [0.29, 0.717) is 12.1 Å². The third-order valence-corrected chi connectivity index (χ3v) is 6.21. The third kappa shape index (κ3) is 4.83. The molecule has 0 spiro atoms. The lowest BCUT2D eigenvalue weighted by atomic mass is 9.66. The molecule has 1 aliphatic carbocycles. The minimum absolute atomic E-state index is 0.00920. The number of rotatable bonds is 8. The fourth-order valence-electron chi connectivity index (χ4n) is 4.66. The van der Waals surface area contributed by atoms with Crippen LogP contribution in [0.4, 0.5) is 4.39 Å². The average Bonchev–Trinajstić information content (AvgIpc) is 3.20. The van der Waals surface area contributed by atoms with E-state index in [9.17, 15) is 9.50 Å². The molecule has 0 radical (unpaired) electrons. The largest absolute Gasteiger partial charge is 0.389 e. The Balaban J connectivity index is 1.48. The van der Waals surface area contributed by atoms with Gasteiger partial charge in [-0.3, -0.25) is 0 Å². The average molecular weight is 428 g/mol. The summed E-state index contributed by atoms with van der Waals surface area (Å²) in [6, 6.07) is 11.7. The van der Waals surface area contributed by atoms with Gasteiger partial charge in [-0.25, -0.2) is 9.37 Å². The summed E-state index contributed by atoms with van der Waals surface area (Å²) in [4.78, 5) is 9.95. The van der Waals surface area contributed by atoms with E-state index in [2.05, 4.69) is 9.97 Å². The minimum atomic E-state index is -2.61. The van der Waals surface area contributed by atoms with E-state index < -0.39 is 30.1 Å². The quantitative estimate of drug-likeness (QED) is 0.527. The number of halogens is 1. The van der Waals surface area contributed by atoms with E-state index >= 15 is 0 Å². The number of H-pyrrole nitrogens is 1. The van der Waals surface area contributed by atoms with Crippen LogP contribution in [-0.4, -0.2) is 45.7 Å². The van der Waals surface area contributed by atoms with Crippen LogP contribution in [-0.2, 0) is 12.8 Å². The van der Waals surface area contributed by atoms with Crippen molar-refractivity contribution in [3.8, 4) is 0 Å². The molecule has 1 heterocycles. The van der Waals surface area contributed by atoms with E-state index in [1.54, 1.807) is 0 Å². The Bertz CT molecular complexity index is 1170. The van der Waals surface area contributed by atoms with Crippen LogP contribution in [0.3, 0.4) is 0 Å². The van der Waals surface area contributed by atoms with Crippen molar-refractivity contribution in [1.29, 1.82) is 0 Å². The van der Waals surface area contributed by atoms with E-state index in [1.807, 2.05) is 50.1 Å². The summed E-state index contributed by atoms with van der Waals surface area (Å²) in [5.41, 5.74) is 0.461. The second kappa shape index (κ2) is 9.09. The number of imidazole rings is 1. The molecule has 166 valence electrons. The Hall–Kier alpha value is -2.24. The SMILES string of the molecule is [2H]C1([2H])c2cc(F)ccc2C(C(C)C)C(O)(CCN(C)CCCc2nc3ccccc3[nH]2)C1([2H])[2H]. The van der Waals surface area contributed by atoms with Crippen LogP contribution < -0.4 is 0 Å². The predicted molar refractivity (Wildman–Crippen MR) is 124 cm³/mol. The normalized spacial score (nSPS) is 26.4. The van der Waals surface area contributed by atoms with Crippen LogP contribution >= 0.6 is 0 Å². The van der Waals surface area contributed by atoms with Gasteiger partial charge in [0, 0.05) is 24.4 Å². The molecule has 5 heteroatoms. The number of nitrogens with zero attached hydrogens (tertiary/aromatic N) is 2. The molecule has 2 aromatic carbocycles. The van der Waals surface area contributed by atoms with Crippen LogP contribution in [0, 0.1) is 11.7 Å². The topological polar surface area (TPSA) is 52.1 Å². The van der Waals surface area contributed by atoms with Gasteiger partial charge in [0.15, 0.2) is 0 Å². The van der Waals surface area contributed by atoms with Gasteiger partial charge in [0.05, 0.1) is 16.6 Å². The molecule has 0 saturated carbocycles. The van der Waals surface area contributed by atoms with Crippen LogP contribution in [0.1, 0.15) is 61.4 Å². The van der Waals surface area contributed by atoms with Gasteiger partial charge in [0.1, 0.15) is 11.6 Å². The van der Waals surface area contributed by atoms with Crippen molar-refractivity contribution in [3.63, 3.8) is 0 Å². The first-order valence-corrected chi connectivity index (χ1v) is 11.0. The molecule has 4 rings (SSSR count). The Morgan fingerprint density at radius 3 is 2.87 bits per heavy atom. The maximum absolute atomic E-state index is 14.0. The van der Waals surface area contributed by atoms with Crippen molar-refractivity contribution in [2.24, 2.45) is 5.92 Å². The lowest BCUT2D eigenvalue weighted by Crippen LogP contribution is -2.45. The number of para-hydroxylation sites is 2. The highest BCUT2D eigenvalue weighted by Crippen LogP contribution is 2.45. The predicted octanol–water partition coefficient (Wildman–Crippen LogP) is 5.07. The van der Waals surface area contributed by atoms with Crippen molar-refractivity contribution < 1.29 is 15.0 Å². The number of aromatic nitrogens is 2. The molecule has 2 unspecified atom stereocenters. The molecule has 1 aromatic heterocycles. The summed E-state index contributed by atoms with van der Waals surface area (Å²) in [5, 5.41) is 11.9. The molecule has 4 nitrogen and oxygen atoms in total. The number of nitrogens with one attached hydrogen (secondary N) is 1. The fourth-order valence-corrected chi connectivity index (χ4v) is 4.66. The molecule has 1 aliphatic rings. The van der Waals surface area contributed by atoms with Gasteiger partial charge in [-0.1, -0.05) is 32.0 Å². The number of hydrogen-bond donors (Lipinski definition) is 2. The van der Waals surface area contributed by atoms with Gasteiger partial charge in [-0.2, -0.15) is 0 Å². The highest BCUT2D eigenvalue weighted by atomic mass is 19.1. The van der Waals surface area contributed by atoms with E-state index in [0.717, 1.165) is 42.3 Å². The van der Waals surface area contributed by atoms with Crippen LogP contribution in [0.15, 0.2) is 42.5 Å². The van der Waals surface area contributed by atoms with Crippen molar-refractivity contribution in [2.45, 2.75) is 57.4 Å². The lowest BCUT2D eigenvalue weighted by Gasteiger charge is -2.44. The summed E-state index contributed by atoms with van der Waals surface area (Å²) >= 11 is 0. The van der Waals surface area contributed by atoms with Crippen LogP contribution in [0.25, 0.3) is 11.0 Å². The summed E-state index contributed by atoms with van der Waals surface area (Å²) < 4.78 is 48.6. The molecule has 0 amide bonds. The molecule has 0 saturated heterocycles. The van der Waals surface area contributed by atoms with Crippen molar-refractivity contribution in [1.82, 2.24) is 14.9 Å². The molecule has 0 fully saturated rings. The highest BCUT2D eigenvalue weighted by Gasteiger charge is 2.43. The standard InChI is InChI=1S/C26H34FN3O/c1-18(2)25-21-11-10-20(27)17-19(21)12-13-26(25,31)14-16-30(3)15-6-9-24-28-22-7-4-5-8-23(22)29-24/h4-5,7-8,10-11,17-18,25,31H,6,9,12-16H2,1-3H3,(H,28,29)/i12D2,13D2. The minimum Gasteiger partial charge on any atom is -0.389 e. The van der Waals surface area contributed by atoms with Gasteiger partial charge < -0.3 is 15.0 Å². The Kier molecular flexibility index (Phi) is 5.08. The molecule has 0 aliphatic heterocycles. The van der Waals surface area contributed by atoms with Crippen LogP contribution in [0.5, 0.6) is 0 Å². The van der Waals surface area contributed by atoms with E-state index in [-0.39, 0.29) is 17.9 Å². The van der Waals surface area contributed by atoms with Gasteiger partial charge in [-0.05, 0) is 80.5 Å². The molecular weight excluding hydrogens is 389 g/mol. The second-order valence-electron chi connectivity index (χ2n) is 8.98. The number of aliphatic hydroxyl groups is 1. The molecular formula is C26H34FN3O. The number of aryl methyl sites for hydroxylation is 2. The van der Waals surface area contributed by atoms with Gasteiger partial charge in [0.2, 0.25) is 0 Å². The van der Waals surface area contributed by atoms with Gasteiger partial charge in [0.25, 0.3) is 0 Å². The summed E-state index contributed by atoms with van der Waals surface area (Å²) in [5.74, 6) is -0.533. The first-order valence-electron chi connectivity index (χ1n) is 13.0. The Morgan fingerprint density at radius 1 is 1.29 bits per heavy atom. The maximum Gasteiger partial charge on any atom is 0.123 e. The van der Waals surface area contributed by atoms with Gasteiger partial charge >= 0.3 is 0 Å². The highest BCUT2D eigenvalue weighted by molar-refractivity contribution is 5.74. The first-order chi connectivity index (χ1) is 16.4. The molecule has 31 heavy (non-hydrogen) atoms. The summed E-state index contributed by atoms with van der Waals surface area (Å²) in [6.45, 7) is 4.89. The van der Waals surface area contributed by atoms with E-state index in [1.165, 1.54) is 12.1 Å². The molecule has 2 atom stereocenters. The smallest absolute Gasteiger partial charge is 0.123 e. The molecule has 0 bridgehead atoms. The second-order valence-corrected chi connectivity index (χ2v) is 8.98. The first kappa shape index (κ1) is 17.3. The summed E-state index contributed by atoms with van der Waals surface area (Å²) in [7, 11) is 1.92. The Labute approximate surface area is 190 Å². The zero-order valence-electron chi connectivity index (χ0n) is 22.5. The molecule has 2 N–H and O–H groups in total. The zero-order chi connectivity index (χ0) is 25.6. The molecule has 3 aromatic rings. The number of fused-ring (bicyclic) bond motifs is 2. The summed E-state index contributed by atoms with van der Waals surface area (Å²) in [6.07, 6.45) is -3.49.